The van der Waals surface area contributed by atoms with Gasteiger partial charge in [0, 0.05) is 22.9 Å². The van der Waals surface area contributed by atoms with Crippen LogP contribution in [-0.4, -0.2) is 0 Å². The van der Waals surface area contributed by atoms with Gasteiger partial charge < -0.3 is 10.2 Å². The molecule has 1 N–H and O–H groups in total. The van der Waals surface area contributed by atoms with Gasteiger partial charge in [-0.15, -0.1) is 0 Å². The summed E-state index contributed by atoms with van der Waals surface area (Å²) in [5.74, 6) is 0.651. The second-order valence-electron chi connectivity index (χ2n) is 8.77. The fourth-order valence-electron chi connectivity index (χ4n) is 4.94. The molecule has 2 nitrogen and oxygen atoms in total. The summed E-state index contributed by atoms with van der Waals surface area (Å²) in [6.07, 6.45) is 3.45. The molecule has 2 heterocycles. The molecule has 0 fully saturated rings. The van der Waals surface area contributed by atoms with E-state index >= 15 is 0 Å². The Labute approximate surface area is 173 Å². The van der Waals surface area contributed by atoms with E-state index in [1.165, 1.54) is 50.3 Å². The van der Waals surface area contributed by atoms with Crippen LogP contribution in [-0.2, 0) is 6.42 Å². The minimum absolute atomic E-state index is 0.142. The Bertz CT molecular complexity index is 1100. The molecule has 0 radical (unpaired) electrons. The molecule has 1 atom stereocenters. The summed E-state index contributed by atoms with van der Waals surface area (Å²) in [5.41, 5.74) is 12.0. The highest BCUT2D eigenvalue weighted by atomic mass is 15.3. The summed E-state index contributed by atoms with van der Waals surface area (Å²) in [6, 6.07) is 22.4. The minimum Gasteiger partial charge on any atom is -0.365 e. The average molecular weight is 381 g/mol. The van der Waals surface area contributed by atoms with Crippen LogP contribution in [0.25, 0.3) is 16.8 Å². The third-order valence-electron chi connectivity index (χ3n) is 6.14. The molecule has 0 aliphatic carbocycles. The molecule has 0 saturated heterocycles. The lowest BCUT2D eigenvalue weighted by Gasteiger charge is -2.37. The smallest absolute Gasteiger partial charge is 0.130 e. The average Bonchev–Trinajstić information content (AvgIpc) is 3.13. The van der Waals surface area contributed by atoms with E-state index in [4.69, 9.17) is 0 Å². The number of aryl methyl sites for hydroxylation is 2. The molecule has 2 aliphatic heterocycles. The topological polar surface area (TPSA) is 15.3 Å². The molecule has 146 valence electrons. The maximum atomic E-state index is 3.67. The van der Waals surface area contributed by atoms with Crippen LogP contribution in [0.15, 0.2) is 66.9 Å². The maximum absolute atomic E-state index is 3.67. The second kappa shape index (κ2) is 6.81. The van der Waals surface area contributed by atoms with Crippen molar-refractivity contribution in [3.8, 4) is 11.1 Å². The Balaban J connectivity index is 1.70. The standard InChI is InChI=1S/C27H28N2/c1-17(2)14-20-12-13-24-23(15-20)21-10-5-6-11-22(21)27-28-16-25(29(24)27)26-18(3)8-7-9-19(26)4/h5-13,15-17,27-28H,14H2,1-4H3. The van der Waals surface area contributed by atoms with E-state index in [1.807, 2.05) is 0 Å². The van der Waals surface area contributed by atoms with Crippen molar-refractivity contribution in [2.45, 2.75) is 40.3 Å². The van der Waals surface area contributed by atoms with Gasteiger partial charge in [0.25, 0.3) is 0 Å². The summed E-state index contributed by atoms with van der Waals surface area (Å²) in [7, 11) is 0. The van der Waals surface area contributed by atoms with Crippen LogP contribution < -0.4 is 10.2 Å². The zero-order valence-electron chi connectivity index (χ0n) is 17.7. The second-order valence-corrected chi connectivity index (χ2v) is 8.77. The summed E-state index contributed by atoms with van der Waals surface area (Å²) in [4.78, 5) is 2.49. The first kappa shape index (κ1) is 18.1. The first-order chi connectivity index (χ1) is 14.0. The monoisotopic (exact) mass is 380 g/mol. The van der Waals surface area contributed by atoms with Gasteiger partial charge in [0.1, 0.15) is 6.17 Å². The van der Waals surface area contributed by atoms with Gasteiger partial charge in [-0.05, 0) is 60.6 Å². The lowest BCUT2D eigenvalue weighted by atomic mass is 9.88. The van der Waals surface area contributed by atoms with Crippen LogP contribution in [0.2, 0.25) is 0 Å². The molecular weight excluding hydrogens is 352 g/mol. The minimum atomic E-state index is 0.142. The van der Waals surface area contributed by atoms with Crippen LogP contribution >= 0.6 is 0 Å². The lowest BCUT2D eigenvalue weighted by Crippen LogP contribution is -2.32. The molecule has 3 aromatic carbocycles. The van der Waals surface area contributed by atoms with Crippen molar-refractivity contribution < 1.29 is 0 Å². The summed E-state index contributed by atoms with van der Waals surface area (Å²) in [6.45, 7) is 8.99. The molecule has 0 saturated carbocycles. The van der Waals surface area contributed by atoms with E-state index in [-0.39, 0.29) is 6.17 Å². The Hall–Kier alpha value is -3.00. The van der Waals surface area contributed by atoms with Crippen molar-refractivity contribution in [2.24, 2.45) is 5.92 Å². The van der Waals surface area contributed by atoms with Crippen LogP contribution in [0.5, 0.6) is 0 Å². The van der Waals surface area contributed by atoms with Gasteiger partial charge in [-0.2, -0.15) is 0 Å². The molecule has 29 heavy (non-hydrogen) atoms. The largest absolute Gasteiger partial charge is 0.365 e. The van der Waals surface area contributed by atoms with Gasteiger partial charge in [0.2, 0.25) is 0 Å². The molecule has 0 bridgehead atoms. The van der Waals surface area contributed by atoms with Gasteiger partial charge in [0.15, 0.2) is 0 Å². The highest BCUT2D eigenvalue weighted by Crippen LogP contribution is 2.50. The number of rotatable bonds is 3. The van der Waals surface area contributed by atoms with Gasteiger partial charge in [-0.25, -0.2) is 0 Å². The molecule has 3 aromatic rings. The van der Waals surface area contributed by atoms with Gasteiger partial charge in [-0.3, -0.25) is 0 Å². The Morgan fingerprint density at radius 2 is 1.66 bits per heavy atom. The Kier molecular flexibility index (Phi) is 4.24. The fraction of sp³-hybridized carbons (Fsp3) is 0.259. The maximum Gasteiger partial charge on any atom is 0.130 e. The van der Waals surface area contributed by atoms with E-state index in [1.54, 1.807) is 0 Å². The van der Waals surface area contributed by atoms with Gasteiger partial charge >= 0.3 is 0 Å². The molecule has 2 heteroatoms. The predicted molar refractivity (Wildman–Crippen MR) is 123 cm³/mol. The first-order valence-corrected chi connectivity index (χ1v) is 10.6. The van der Waals surface area contributed by atoms with Crippen molar-refractivity contribution in [2.75, 3.05) is 4.90 Å². The highest BCUT2D eigenvalue weighted by molar-refractivity contribution is 5.95. The van der Waals surface area contributed by atoms with Crippen LogP contribution in [0.1, 0.15) is 47.8 Å². The van der Waals surface area contributed by atoms with Crippen molar-refractivity contribution in [3.63, 3.8) is 0 Å². The number of benzene rings is 3. The fourth-order valence-corrected chi connectivity index (χ4v) is 4.94. The molecule has 2 aliphatic rings. The highest BCUT2D eigenvalue weighted by Gasteiger charge is 2.37. The van der Waals surface area contributed by atoms with E-state index < -0.39 is 0 Å². The molecule has 1 unspecified atom stereocenters. The van der Waals surface area contributed by atoms with Crippen LogP contribution in [0, 0.1) is 19.8 Å². The van der Waals surface area contributed by atoms with E-state index in [9.17, 15) is 0 Å². The summed E-state index contributed by atoms with van der Waals surface area (Å²) in [5, 5.41) is 3.67. The van der Waals surface area contributed by atoms with Crippen molar-refractivity contribution in [3.05, 3.63) is 94.7 Å². The third kappa shape index (κ3) is 2.86. The molecule has 0 aromatic heterocycles. The quantitative estimate of drug-likeness (QED) is 0.551. The Morgan fingerprint density at radius 1 is 0.897 bits per heavy atom. The van der Waals surface area contributed by atoms with Crippen LogP contribution in [0.4, 0.5) is 5.69 Å². The SMILES string of the molecule is Cc1cccc(C)c1C1=CNC2c3ccccc3-c3cc(CC(C)C)ccc3N12. The zero-order chi connectivity index (χ0) is 20.1. The third-order valence-corrected chi connectivity index (χ3v) is 6.14. The van der Waals surface area contributed by atoms with Crippen molar-refractivity contribution in [1.82, 2.24) is 5.32 Å². The molecular formula is C27H28N2. The van der Waals surface area contributed by atoms with Crippen molar-refractivity contribution >= 4 is 11.4 Å². The number of nitrogens with one attached hydrogen (secondary N) is 1. The number of hydrogen-bond acceptors (Lipinski definition) is 2. The Morgan fingerprint density at radius 3 is 2.41 bits per heavy atom. The van der Waals surface area contributed by atoms with E-state index in [0.29, 0.717) is 5.92 Å². The van der Waals surface area contributed by atoms with Gasteiger partial charge in [-0.1, -0.05) is 62.4 Å². The van der Waals surface area contributed by atoms with E-state index in [0.717, 1.165) is 6.42 Å². The summed E-state index contributed by atoms with van der Waals surface area (Å²) >= 11 is 0. The zero-order valence-corrected chi connectivity index (χ0v) is 17.7. The number of fused-ring (bicyclic) bond motifs is 6. The molecule has 0 spiro atoms. The number of nitrogens with zero attached hydrogens (tertiary/aromatic N) is 1. The van der Waals surface area contributed by atoms with Gasteiger partial charge in [0.05, 0.1) is 11.4 Å². The van der Waals surface area contributed by atoms with E-state index in [2.05, 4.69) is 105 Å². The normalized spacial score (nSPS) is 16.8. The molecule has 0 amide bonds. The number of hydrogen-bond donors (Lipinski definition) is 1. The lowest BCUT2D eigenvalue weighted by molar-refractivity contribution is 0.645. The van der Waals surface area contributed by atoms with Crippen LogP contribution in [0.3, 0.4) is 0 Å². The number of anilines is 1. The molecule has 5 rings (SSSR count). The predicted octanol–water partition coefficient (Wildman–Crippen LogP) is 6.59. The first-order valence-electron chi connectivity index (χ1n) is 10.6. The van der Waals surface area contributed by atoms with Crippen molar-refractivity contribution in [1.29, 1.82) is 0 Å². The summed E-state index contributed by atoms with van der Waals surface area (Å²) < 4.78 is 0.